The van der Waals surface area contributed by atoms with Crippen LogP contribution in [0.4, 0.5) is 16.3 Å². The van der Waals surface area contributed by atoms with Crippen LogP contribution in [0.15, 0.2) is 30.3 Å². The number of benzene rings is 1. The molecule has 1 aromatic carbocycles. The SMILES string of the molecule is CNC(=O)Nc1ccc(-c2nc(N3CCOC[C@@H]3C)cc(C3(S(=O)(=O)C4CC4)CCC3)n2)cc1. The number of sulfone groups is 1. The van der Waals surface area contributed by atoms with Gasteiger partial charge in [0.25, 0.3) is 0 Å². The fourth-order valence-electron chi connectivity index (χ4n) is 4.79. The number of ether oxygens (including phenoxy) is 1. The van der Waals surface area contributed by atoms with Gasteiger partial charge in [-0.15, -0.1) is 0 Å². The predicted octanol–water partition coefficient (Wildman–Crippen LogP) is 3.08. The second-order valence-corrected chi connectivity index (χ2v) is 12.0. The largest absolute Gasteiger partial charge is 0.377 e. The number of hydrogen-bond donors (Lipinski definition) is 2. The minimum atomic E-state index is -3.31. The average Bonchev–Trinajstić information content (AvgIpc) is 3.65. The first-order chi connectivity index (χ1) is 16.3. The van der Waals surface area contributed by atoms with Crippen molar-refractivity contribution in [2.24, 2.45) is 0 Å². The molecule has 2 heterocycles. The first kappa shape index (κ1) is 23.0. The van der Waals surface area contributed by atoms with Gasteiger partial charge in [0.15, 0.2) is 15.7 Å². The number of hydrogen-bond acceptors (Lipinski definition) is 7. The Labute approximate surface area is 200 Å². The van der Waals surface area contributed by atoms with Crippen molar-refractivity contribution >= 4 is 27.4 Å². The molecule has 1 saturated heterocycles. The molecular weight excluding hydrogens is 454 g/mol. The number of carbonyl (C=O) groups is 1. The van der Waals surface area contributed by atoms with Crippen molar-refractivity contribution < 1.29 is 17.9 Å². The van der Waals surface area contributed by atoms with Crippen LogP contribution >= 0.6 is 0 Å². The molecule has 2 aliphatic carbocycles. The Balaban J connectivity index is 1.58. The molecule has 5 rings (SSSR count). The smallest absolute Gasteiger partial charge is 0.318 e. The van der Waals surface area contributed by atoms with Gasteiger partial charge in [0.1, 0.15) is 10.6 Å². The van der Waals surface area contributed by atoms with Gasteiger partial charge in [0, 0.05) is 30.9 Å². The molecule has 1 atom stereocenters. The number of anilines is 2. The Bertz CT molecular complexity index is 1180. The maximum absolute atomic E-state index is 13.5. The fourth-order valence-corrected chi connectivity index (χ4v) is 7.44. The quantitative estimate of drug-likeness (QED) is 0.646. The summed E-state index contributed by atoms with van der Waals surface area (Å²) >= 11 is 0. The minimum Gasteiger partial charge on any atom is -0.377 e. The zero-order valence-corrected chi connectivity index (χ0v) is 20.4. The molecule has 1 aromatic heterocycles. The van der Waals surface area contributed by atoms with Crippen molar-refractivity contribution in [3.05, 3.63) is 36.0 Å². The lowest BCUT2D eigenvalue weighted by Crippen LogP contribution is -2.46. The van der Waals surface area contributed by atoms with E-state index in [4.69, 9.17) is 14.7 Å². The molecule has 1 aliphatic heterocycles. The van der Waals surface area contributed by atoms with E-state index < -0.39 is 14.6 Å². The molecule has 0 radical (unpaired) electrons. The topological polar surface area (TPSA) is 114 Å². The van der Waals surface area contributed by atoms with E-state index in [1.807, 2.05) is 18.2 Å². The standard InChI is InChI=1S/C24H31N5O4S/c1-16-15-33-13-12-29(16)21-14-20(24(10-3-11-24)34(31,32)19-8-9-19)27-22(28-21)17-4-6-18(7-5-17)26-23(30)25-2/h4-7,14,16,19H,3,8-13,15H2,1-2H3,(H2,25,26,30)/t16-/m0/s1. The van der Waals surface area contributed by atoms with Crippen LogP contribution in [-0.4, -0.2) is 62.5 Å². The van der Waals surface area contributed by atoms with Gasteiger partial charge in [-0.1, -0.05) is 0 Å². The second kappa shape index (κ2) is 8.81. The summed E-state index contributed by atoms with van der Waals surface area (Å²) in [7, 11) is -1.76. The first-order valence-corrected chi connectivity index (χ1v) is 13.5. The van der Waals surface area contributed by atoms with Crippen LogP contribution < -0.4 is 15.5 Å². The Hall–Kier alpha value is -2.72. The van der Waals surface area contributed by atoms with Crippen molar-refractivity contribution in [3.8, 4) is 11.4 Å². The Morgan fingerprint density at radius 1 is 1.18 bits per heavy atom. The highest BCUT2D eigenvalue weighted by atomic mass is 32.2. The number of morpholine rings is 1. The molecule has 0 unspecified atom stereocenters. The van der Waals surface area contributed by atoms with Gasteiger partial charge >= 0.3 is 6.03 Å². The van der Waals surface area contributed by atoms with Crippen molar-refractivity contribution in [1.29, 1.82) is 0 Å². The summed E-state index contributed by atoms with van der Waals surface area (Å²) in [6.45, 7) is 3.97. The van der Waals surface area contributed by atoms with Crippen molar-refractivity contribution in [3.63, 3.8) is 0 Å². The monoisotopic (exact) mass is 485 g/mol. The van der Waals surface area contributed by atoms with Crippen LogP contribution in [0, 0.1) is 0 Å². The van der Waals surface area contributed by atoms with Gasteiger partial charge in [0.2, 0.25) is 0 Å². The zero-order valence-electron chi connectivity index (χ0n) is 19.6. The van der Waals surface area contributed by atoms with Crippen LogP contribution in [-0.2, 0) is 19.3 Å². The van der Waals surface area contributed by atoms with E-state index in [1.165, 1.54) is 0 Å². The lowest BCUT2D eigenvalue weighted by molar-refractivity contribution is 0.0985. The van der Waals surface area contributed by atoms with Gasteiger partial charge in [-0.05, 0) is 63.3 Å². The third-order valence-corrected chi connectivity index (χ3v) is 10.2. The number of amides is 2. The van der Waals surface area contributed by atoms with Gasteiger partial charge in [-0.3, -0.25) is 0 Å². The molecule has 0 spiro atoms. The molecule has 182 valence electrons. The lowest BCUT2D eigenvalue weighted by atomic mass is 9.81. The van der Waals surface area contributed by atoms with Crippen molar-refractivity contribution in [1.82, 2.24) is 15.3 Å². The van der Waals surface area contributed by atoms with E-state index in [9.17, 15) is 13.2 Å². The summed E-state index contributed by atoms with van der Waals surface area (Å²) in [4.78, 5) is 23.5. The number of carbonyl (C=O) groups excluding carboxylic acids is 1. The van der Waals surface area contributed by atoms with Gasteiger partial charge in [-0.25, -0.2) is 23.2 Å². The van der Waals surface area contributed by atoms with Crippen molar-refractivity contribution in [2.75, 3.05) is 37.0 Å². The van der Waals surface area contributed by atoms with E-state index in [-0.39, 0.29) is 17.3 Å². The molecule has 3 aliphatic rings. The summed E-state index contributed by atoms with van der Waals surface area (Å²) in [5, 5.41) is 5.02. The summed E-state index contributed by atoms with van der Waals surface area (Å²) in [6.07, 6.45) is 3.59. The Morgan fingerprint density at radius 2 is 1.91 bits per heavy atom. The fraction of sp³-hybridized carbons (Fsp3) is 0.542. The molecular formula is C24H31N5O4S. The molecule has 2 amide bonds. The zero-order chi connectivity index (χ0) is 23.9. The Morgan fingerprint density at radius 3 is 2.50 bits per heavy atom. The molecule has 34 heavy (non-hydrogen) atoms. The molecule has 9 nitrogen and oxygen atoms in total. The molecule has 10 heteroatoms. The molecule has 2 N–H and O–H groups in total. The van der Waals surface area contributed by atoms with Gasteiger partial charge in [-0.2, -0.15) is 0 Å². The lowest BCUT2D eigenvalue weighted by Gasteiger charge is -2.41. The van der Waals surface area contributed by atoms with Crippen molar-refractivity contribution in [2.45, 2.75) is 55.1 Å². The highest BCUT2D eigenvalue weighted by Gasteiger charge is 2.57. The normalized spacial score (nSPS) is 22.1. The first-order valence-electron chi connectivity index (χ1n) is 11.9. The van der Waals surface area contributed by atoms with Gasteiger partial charge in [0.05, 0.1) is 30.2 Å². The highest BCUT2D eigenvalue weighted by Crippen LogP contribution is 2.53. The van der Waals surface area contributed by atoms with Crippen LogP contribution in [0.3, 0.4) is 0 Å². The molecule has 2 saturated carbocycles. The molecule has 2 aromatic rings. The van der Waals surface area contributed by atoms with E-state index in [1.54, 1.807) is 19.2 Å². The van der Waals surface area contributed by atoms with E-state index >= 15 is 0 Å². The van der Waals surface area contributed by atoms with Crippen LogP contribution in [0.1, 0.15) is 44.7 Å². The van der Waals surface area contributed by atoms with E-state index in [0.717, 1.165) is 30.6 Å². The maximum atomic E-state index is 13.5. The summed E-state index contributed by atoms with van der Waals surface area (Å²) in [6, 6.07) is 8.99. The van der Waals surface area contributed by atoms with Crippen LogP contribution in [0.25, 0.3) is 11.4 Å². The summed E-state index contributed by atoms with van der Waals surface area (Å²) in [5.74, 6) is 1.23. The van der Waals surface area contributed by atoms with Gasteiger partial charge < -0.3 is 20.3 Å². The average molecular weight is 486 g/mol. The highest BCUT2D eigenvalue weighted by molar-refractivity contribution is 7.93. The Kier molecular flexibility index (Phi) is 5.97. The van der Waals surface area contributed by atoms with E-state index in [0.29, 0.717) is 49.8 Å². The number of nitrogens with one attached hydrogen (secondary N) is 2. The van der Waals surface area contributed by atoms with E-state index in [2.05, 4.69) is 22.5 Å². The number of urea groups is 1. The third-order valence-electron chi connectivity index (χ3n) is 7.14. The second-order valence-electron chi connectivity index (χ2n) is 9.43. The maximum Gasteiger partial charge on any atom is 0.318 e. The number of aromatic nitrogens is 2. The number of rotatable bonds is 6. The number of nitrogens with zero attached hydrogens (tertiary/aromatic N) is 3. The summed E-state index contributed by atoms with van der Waals surface area (Å²) < 4.78 is 31.8. The van der Waals surface area contributed by atoms with Crippen LogP contribution in [0.5, 0.6) is 0 Å². The minimum absolute atomic E-state index is 0.126. The van der Waals surface area contributed by atoms with Crippen LogP contribution in [0.2, 0.25) is 0 Å². The molecule has 0 bridgehead atoms. The summed E-state index contributed by atoms with van der Waals surface area (Å²) in [5.41, 5.74) is 2.02. The molecule has 3 fully saturated rings. The predicted molar refractivity (Wildman–Crippen MR) is 131 cm³/mol. The third kappa shape index (κ3) is 4.02.